The smallest absolute Gasteiger partial charge is 0.469 e. The van der Waals surface area contributed by atoms with Crippen LogP contribution in [0.1, 0.15) is 53.1 Å². The van der Waals surface area contributed by atoms with Gasteiger partial charge < -0.3 is 13.7 Å². The Morgan fingerprint density at radius 3 is 2.00 bits per heavy atom. The summed E-state index contributed by atoms with van der Waals surface area (Å²) in [5.74, 6) is 1.45. The second kappa shape index (κ2) is 4.43. The normalized spacial score (nSPS) is 23.6. The van der Waals surface area contributed by atoms with Crippen molar-refractivity contribution in [3.8, 4) is 0 Å². The van der Waals surface area contributed by atoms with Crippen LogP contribution in [-0.2, 0) is 9.31 Å². The maximum Gasteiger partial charge on any atom is 0.469 e. The van der Waals surface area contributed by atoms with Gasteiger partial charge in [0.2, 0.25) is 0 Å². The lowest BCUT2D eigenvalue weighted by atomic mass is 9.64. The van der Waals surface area contributed by atoms with Crippen LogP contribution in [-0.4, -0.2) is 18.3 Å². The fourth-order valence-electron chi connectivity index (χ4n) is 2.29. The Labute approximate surface area is 110 Å². The van der Waals surface area contributed by atoms with Crippen molar-refractivity contribution >= 4 is 7.12 Å². The average Bonchev–Trinajstić information content (AvgIpc) is 2.74. The van der Waals surface area contributed by atoms with Crippen LogP contribution in [0.15, 0.2) is 22.8 Å². The molecule has 0 bridgehead atoms. The lowest BCUT2D eigenvalue weighted by molar-refractivity contribution is 0.00578. The van der Waals surface area contributed by atoms with Crippen molar-refractivity contribution in [2.24, 2.45) is 5.92 Å². The molecule has 0 saturated carbocycles. The molecule has 0 spiro atoms. The van der Waals surface area contributed by atoms with Gasteiger partial charge in [-0.25, -0.2) is 0 Å². The molecule has 1 fully saturated rings. The van der Waals surface area contributed by atoms with E-state index in [4.69, 9.17) is 13.7 Å². The van der Waals surface area contributed by atoms with Gasteiger partial charge in [-0.15, -0.1) is 0 Å². The van der Waals surface area contributed by atoms with Crippen LogP contribution < -0.4 is 0 Å². The third-order valence-corrected chi connectivity index (χ3v) is 4.15. The van der Waals surface area contributed by atoms with E-state index in [0.717, 1.165) is 5.76 Å². The first-order valence-electron chi connectivity index (χ1n) is 6.63. The Morgan fingerprint density at radius 2 is 1.61 bits per heavy atom. The van der Waals surface area contributed by atoms with Crippen LogP contribution in [0.2, 0.25) is 0 Å². The van der Waals surface area contributed by atoms with Crippen LogP contribution in [0, 0.1) is 5.92 Å². The minimum Gasteiger partial charge on any atom is -0.470 e. The molecule has 1 aromatic rings. The zero-order valence-corrected chi connectivity index (χ0v) is 12.2. The molecule has 0 aliphatic carbocycles. The summed E-state index contributed by atoms with van der Waals surface area (Å²) >= 11 is 0. The standard InChI is InChI=1S/C14H23BO3/c1-10(2)12(11-8-7-9-16-11)15-17-13(3,4)14(5,6)18-15/h7-10,12H,1-6H3. The number of hydrogen-bond donors (Lipinski definition) is 0. The molecule has 1 atom stereocenters. The first-order chi connectivity index (χ1) is 8.24. The molecule has 0 N–H and O–H groups in total. The van der Waals surface area contributed by atoms with E-state index in [1.165, 1.54) is 0 Å². The lowest BCUT2D eigenvalue weighted by Gasteiger charge is -2.32. The Hall–Kier alpha value is -0.735. The quantitative estimate of drug-likeness (QED) is 0.767. The van der Waals surface area contributed by atoms with Gasteiger partial charge in [0.05, 0.1) is 23.3 Å². The fourth-order valence-corrected chi connectivity index (χ4v) is 2.29. The molecule has 2 rings (SSSR count). The lowest BCUT2D eigenvalue weighted by Crippen LogP contribution is -2.41. The second-order valence-electron chi connectivity index (χ2n) is 6.41. The van der Waals surface area contributed by atoms with Crippen LogP contribution in [0.4, 0.5) is 0 Å². The van der Waals surface area contributed by atoms with E-state index in [-0.39, 0.29) is 24.1 Å². The monoisotopic (exact) mass is 250 g/mol. The van der Waals surface area contributed by atoms with E-state index >= 15 is 0 Å². The predicted octanol–water partition coefficient (Wildman–Crippen LogP) is 3.65. The van der Waals surface area contributed by atoms with Crippen molar-refractivity contribution < 1.29 is 13.7 Å². The fraction of sp³-hybridized carbons (Fsp3) is 0.714. The molecular weight excluding hydrogens is 227 g/mol. The maximum atomic E-state index is 6.13. The molecule has 0 radical (unpaired) electrons. The minimum atomic E-state index is -0.294. The van der Waals surface area contributed by atoms with Crippen LogP contribution >= 0.6 is 0 Å². The summed E-state index contributed by atoms with van der Waals surface area (Å²) in [6.07, 6.45) is 1.70. The molecule has 18 heavy (non-hydrogen) atoms. The van der Waals surface area contributed by atoms with Gasteiger partial charge in [0.1, 0.15) is 5.76 Å². The van der Waals surface area contributed by atoms with Gasteiger partial charge in [-0.05, 0) is 45.7 Å². The SMILES string of the molecule is CC(C)C(B1OC(C)(C)C(C)(C)O1)c1ccco1. The van der Waals surface area contributed by atoms with Crippen LogP contribution in [0.25, 0.3) is 0 Å². The summed E-state index contributed by atoms with van der Waals surface area (Å²) < 4.78 is 17.8. The molecule has 1 aliphatic rings. The maximum absolute atomic E-state index is 6.13. The van der Waals surface area contributed by atoms with Crippen molar-refractivity contribution in [1.82, 2.24) is 0 Å². The molecule has 100 valence electrons. The Bertz CT molecular complexity index is 379. The van der Waals surface area contributed by atoms with Crippen LogP contribution in [0.3, 0.4) is 0 Å². The van der Waals surface area contributed by atoms with Crippen molar-refractivity contribution in [1.29, 1.82) is 0 Å². The molecule has 0 amide bonds. The molecule has 3 nitrogen and oxygen atoms in total. The van der Waals surface area contributed by atoms with Gasteiger partial charge in [0.15, 0.2) is 0 Å². The van der Waals surface area contributed by atoms with Gasteiger partial charge in [-0.1, -0.05) is 13.8 Å². The molecule has 4 heteroatoms. The average molecular weight is 250 g/mol. The van der Waals surface area contributed by atoms with E-state index in [0.29, 0.717) is 5.92 Å². The van der Waals surface area contributed by atoms with Gasteiger partial charge in [-0.2, -0.15) is 0 Å². The van der Waals surface area contributed by atoms with Crippen molar-refractivity contribution in [2.75, 3.05) is 0 Å². The molecule has 1 aliphatic heterocycles. The number of furan rings is 1. The Balaban J connectivity index is 2.25. The van der Waals surface area contributed by atoms with Crippen LogP contribution in [0.5, 0.6) is 0 Å². The van der Waals surface area contributed by atoms with E-state index in [1.54, 1.807) is 6.26 Å². The highest BCUT2D eigenvalue weighted by Crippen LogP contribution is 2.42. The zero-order chi connectivity index (χ0) is 13.6. The predicted molar refractivity (Wildman–Crippen MR) is 72.4 cm³/mol. The summed E-state index contributed by atoms with van der Waals surface area (Å²) in [6, 6.07) is 3.91. The number of hydrogen-bond acceptors (Lipinski definition) is 3. The third kappa shape index (κ3) is 2.24. The topological polar surface area (TPSA) is 31.6 Å². The molecule has 1 aromatic heterocycles. The van der Waals surface area contributed by atoms with E-state index in [1.807, 2.05) is 12.1 Å². The summed E-state index contributed by atoms with van der Waals surface area (Å²) in [4.78, 5) is 0. The molecular formula is C14H23BO3. The molecule has 2 heterocycles. The highest BCUT2D eigenvalue weighted by atomic mass is 16.7. The van der Waals surface area contributed by atoms with Gasteiger partial charge in [-0.3, -0.25) is 0 Å². The summed E-state index contributed by atoms with van der Waals surface area (Å²) in [5, 5.41) is 0. The molecule has 0 aromatic carbocycles. The first-order valence-corrected chi connectivity index (χ1v) is 6.63. The second-order valence-corrected chi connectivity index (χ2v) is 6.41. The third-order valence-electron chi connectivity index (χ3n) is 4.15. The van der Waals surface area contributed by atoms with Gasteiger partial charge >= 0.3 is 7.12 Å². The molecule has 1 unspecified atom stereocenters. The van der Waals surface area contributed by atoms with Gasteiger partial charge in [0.25, 0.3) is 0 Å². The van der Waals surface area contributed by atoms with Crippen molar-refractivity contribution in [3.63, 3.8) is 0 Å². The van der Waals surface area contributed by atoms with E-state index in [9.17, 15) is 0 Å². The Kier molecular flexibility index (Phi) is 3.37. The summed E-state index contributed by atoms with van der Waals surface area (Å²) in [6.45, 7) is 12.6. The Morgan fingerprint density at radius 1 is 1.06 bits per heavy atom. The minimum absolute atomic E-state index is 0.126. The first kappa shape index (κ1) is 13.7. The summed E-state index contributed by atoms with van der Waals surface area (Å²) in [5.41, 5.74) is -0.588. The van der Waals surface area contributed by atoms with Crippen molar-refractivity contribution in [3.05, 3.63) is 24.2 Å². The van der Waals surface area contributed by atoms with Gasteiger partial charge in [0, 0.05) is 0 Å². The molecule has 1 saturated heterocycles. The highest BCUT2D eigenvalue weighted by molar-refractivity contribution is 6.47. The highest BCUT2D eigenvalue weighted by Gasteiger charge is 2.55. The zero-order valence-electron chi connectivity index (χ0n) is 12.2. The largest absolute Gasteiger partial charge is 0.470 e. The van der Waals surface area contributed by atoms with E-state index < -0.39 is 0 Å². The van der Waals surface area contributed by atoms with Crippen molar-refractivity contribution in [2.45, 2.75) is 58.6 Å². The summed E-state index contributed by atoms with van der Waals surface area (Å²) in [7, 11) is -0.249. The van der Waals surface area contributed by atoms with E-state index in [2.05, 4.69) is 41.5 Å². The number of rotatable bonds is 3.